The number of para-hydroxylation sites is 1. The summed E-state index contributed by atoms with van der Waals surface area (Å²) < 4.78 is 18.4. The molecule has 1 fully saturated rings. The number of methoxy groups -OCH3 is 2. The molecule has 2 heterocycles. The van der Waals surface area contributed by atoms with Crippen LogP contribution in [0.5, 0.6) is 11.5 Å². The van der Waals surface area contributed by atoms with E-state index in [2.05, 4.69) is 15.6 Å². The molecule has 0 radical (unpaired) electrons. The lowest BCUT2D eigenvalue weighted by Gasteiger charge is -2.35. The molecule has 4 rings (SSSR count). The largest absolute Gasteiger partial charge is 0.497 e. The van der Waals surface area contributed by atoms with Gasteiger partial charge in [-0.25, -0.2) is 4.68 Å². The van der Waals surface area contributed by atoms with Gasteiger partial charge in [0.15, 0.2) is 0 Å². The van der Waals surface area contributed by atoms with Crippen molar-refractivity contribution in [2.24, 2.45) is 0 Å². The number of hydrogen-bond acceptors (Lipinski definition) is 7. The number of rotatable bonds is 9. The van der Waals surface area contributed by atoms with Crippen LogP contribution in [-0.4, -0.2) is 70.7 Å². The zero-order valence-electron chi connectivity index (χ0n) is 22.1. The van der Waals surface area contributed by atoms with E-state index in [0.29, 0.717) is 29.2 Å². The Balaban J connectivity index is 1.77. The Morgan fingerprint density at radius 3 is 2.49 bits per heavy atom. The molecule has 1 aliphatic rings. The van der Waals surface area contributed by atoms with Gasteiger partial charge in [-0.1, -0.05) is 17.3 Å². The van der Waals surface area contributed by atoms with Gasteiger partial charge in [-0.2, -0.15) is 0 Å². The van der Waals surface area contributed by atoms with Gasteiger partial charge >= 0.3 is 0 Å². The van der Waals surface area contributed by atoms with Gasteiger partial charge in [0.25, 0.3) is 0 Å². The van der Waals surface area contributed by atoms with Crippen molar-refractivity contribution in [3.63, 3.8) is 0 Å². The van der Waals surface area contributed by atoms with Crippen LogP contribution < -0.4 is 14.8 Å². The van der Waals surface area contributed by atoms with E-state index in [9.17, 15) is 9.59 Å². The van der Waals surface area contributed by atoms with E-state index in [1.165, 1.54) is 0 Å². The first-order chi connectivity index (χ1) is 17.7. The molecule has 1 aliphatic heterocycles. The minimum Gasteiger partial charge on any atom is -0.497 e. The quantitative estimate of drug-likeness (QED) is 0.472. The first-order valence-corrected chi connectivity index (χ1v) is 12.4. The molecule has 2 amide bonds. The van der Waals surface area contributed by atoms with Crippen molar-refractivity contribution in [1.82, 2.24) is 25.2 Å². The summed E-state index contributed by atoms with van der Waals surface area (Å²) in [5.41, 5.74) is 1.50. The number of amides is 2. The van der Waals surface area contributed by atoms with Crippen LogP contribution in [-0.2, 0) is 20.9 Å². The topological polar surface area (TPSA) is 108 Å². The Kier molecular flexibility index (Phi) is 7.97. The number of carbonyl (C=O) groups is 2. The van der Waals surface area contributed by atoms with E-state index < -0.39 is 11.6 Å². The SMILES string of the molecule is COc1cc(OC)cc([C@H](C(=O)NC(C)(C)C)N(C[C@@H]2CCCO2)C(=O)Cn2nnc3ccccc32)c1. The first-order valence-electron chi connectivity index (χ1n) is 12.4. The fourth-order valence-electron chi connectivity index (χ4n) is 4.51. The zero-order chi connectivity index (χ0) is 26.6. The third-order valence-corrected chi connectivity index (χ3v) is 6.20. The van der Waals surface area contributed by atoms with E-state index in [1.54, 1.807) is 42.0 Å². The van der Waals surface area contributed by atoms with E-state index in [0.717, 1.165) is 18.4 Å². The second-order valence-electron chi connectivity index (χ2n) is 10.2. The first kappa shape index (κ1) is 26.4. The Morgan fingerprint density at radius 2 is 1.86 bits per heavy atom. The predicted octanol–water partition coefficient (Wildman–Crippen LogP) is 3.11. The molecule has 0 aliphatic carbocycles. The average molecular weight is 510 g/mol. The highest BCUT2D eigenvalue weighted by Crippen LogP contribution is 2.32. The molecule has 3 aromatic rings. The van der Waals surface area contributed by atoms with Gasteiger partial charge in [-0.3, -0.25) is 9.59 Å². The summed E-state index contributed by atoms with van der Waals surface area (Å²) in [5.74, 6) is 0.462. The third kappa shape index (κ3) is 6.37. The highest BCUT2D eigenvalue weighted by Gasteiger charge is 2.36. The molecule has 1 aromatic heterocycles. The van der Waals surface area contributed by atoms with Crippen molar-refractivity contribution in [2.75, 3.05) is 27.4 Å². The zero-order valence-corrected chi connectivity index (χ0v) is 22.1. The fourth-order valence-corrected chi connectivity index (χ4v) is 4.51. The lowest BCUT2D eigenvalue weighted by atomic mass is 10.00. The molecule has 1 saturated heterocycles. The maximum absolute atomic E-state index is 14.0. The van der Waals surface area contributed by atoms with Crippen LogP contribution in [0.1, 0.15) is 45.2 Å². The van der Waals surface area contributed by atoms with E-state index >= 15 is 0 Å². The van der Waals surface area contributed by atoms with Gasteiger partial charge < -0.3 is 24.4 Å². The number of fused-ring (bicyclic) bond motifs is 1. The smallest absolute Gasteiger partial charge is 0.247 e. The molecular formula is C27H35N5O5. The maximum atomic E-state index is 14.0. The highest BCUT2D eigenvalue weighted by atomic mass is 16.5. The lowest BCUT2D eigenvalue weighted by Crippen LogP contribution is -2.51. The minimum atomic E-state index is -0.949. The van der Waals surface area contributed by atoms with Gasteiger partial charge in [0.05, 0.1) is 25.8 Å². The molecule has 0 saturated carbocycles. The normalized spacial score (nSPS) is 16.4. The molecule has 0 unspecified atom stereocenters. The lowest BCUT2D eigenvalue weighted by molar-refractivity contribution is -0.143. The number of ether oxygens (including phenoxy) is 3. The number of nitrogens with zero attached hydrogens (tertiary/aromatic N) is 4. The van der Waals surface area contributed by atoms with Crippen molar-refractivity contribution < 1.29 is 23.8 Å². The van der Waals surface area contributed by atoms with Gasteiger partial charge in [-0.05, 0) is 63.4 Å². The van der Waals surface area contributed by atoms with Crippen LogP contribution in [0.4, 0.5) is 0 Å². The van der Waals surface area contributed by atoms with Crippen LogP contribution in [0.25, 0.3) is 11.0 Å². The van der Waals surface area contributed by atoms with E-state index in [4.69, 9.17) is 14.2 Å². The molecule has 198 valence electrons. The van der Waals surface area contributed by atoms with Gasteiger partial charge in [0.1, 0.15) is 29.6 Å². The number of carbonyl (C=O) groups excluding carboxylic acids is 2. The molecule has 2 aromatic carbocycles. The summed E-state index contributed by atoms with van der Waals surface area (Å²) in [6.45, 7) is 6.53. The van der Waals surface area contributed by atoms with Crippen LogP contribution in [0.3, 0.4) is 0 Å². The van der Waals surface area contributed by atoms with E-state index in [1.807, 2.05) is 45.0 Å². The summed E-state index contributed by atoms with van der Waals surface area (Å²) in [5, 5.41) is 11.4. The standard InChI is InChI=1S/C27H35N5O5/c1-27(2,3)28-26(34)25(18-13-20(35-4)15-21(14-18)36-5)31(16-19-9-8-12-37-19)24(33)17-32-23-11-7-6-10-22(23)29-30-32/h6-7,10-11,13-15,19,25H,8-9,12,16-17H2,1-5H3,(H,28,34)/t19-,25+/m0/s1. The molecule has 10 nitrogen and oxygen atoms in total. The van der Waals surface area contributed by atoms with Crippen LogP contribution >= 0.6 is 0 Å². The van der Waals surface area contributed by atoms with Crippen molar-refractivity contribution in [3.05, 3.63) is 48.0 Å². The summed E-state index contributed by atoms with van der Waals surface area (Å²) in [7, 11) is 3.10. The summed E-state index contributed by atoms with van der Waals surface area (Å²) in [6.07, 6.45) is 1.55. The van der Waals surface area contributed by atoms with Crippen molar-refractivity contribution in [2.45, 2.75) is 57.8 Å². The second kappa shape index (κ2) is 11.2. The number of hydrogen-bond donors (Lipinski definition) is 1. The summed E-state index contributed by atoms with van der Waals surface area (Å²) >= 11 is 0. The average Bonchev–Trinajstić information content (AvgIpc) is 3.52. The van der Waals surface area contributed by atoms with Crippen LogP contribution in [0, 0.1) is 0 Å². The van der Waals surface area contributed by atoms with Gasteiger partial charge in [-0.15, -0.1) is 5.10 Å². The molecule has 2 atom stereocenters. The van der Waals surface area contributed by atoms with E-state index in [-0.39, 0.29) is 31.0 Å². The molecule has 0 bridgehead atoms. The molecular weight excluding hydrogens is 474 g/mol. The van der Waals surface area contributed by atoms with Crippen molar-refractivity contribution in [1.29, 1.82) is 0 Å². The van der Waals surface area contributed by atoms with Gasteiger partial charge in [0, 0.05) is 24.8 Å². The summed E-state index contributed by atoms with van der Waals surface area (Å²) in [6, 6.07) is 11.8. The molecule has 1 N–H and O–H groups in total. The maximum Gasteiger partial charge on any atom is 0.247 e. The summed E-state index contributed by atoms with van der Waals surface area (Å²) in [4.78, 5) is 29.4. The van der Waals surface area contributed by atoms with Crippen LogP contribution in [0.2, 0.25) is 0 Å². The van der Waals surface area contributed by atoms with Crippen molar-refractivity contribution in [3.8, 4) is 11.5 Å². The Labute approximate surface area is 216 Å². The van der Waals surface area contributed by atoms with Gasteiger partial charge in [0.2, 0.25) is 11.8 Å². The second-order valence-corrected chi connectivity index (χ2v) is 10.2. The minimum absolute atomic E-state index is 0.0758. The number of aromatic nitrogens is 3. The third-order valence-electron chi connectivity index (χ3n) is 6.20. The fraction of sp³-hybridized carbons (Fsp3) is 0.481. The number of benzene rings is 2. The molecule has 37 heavy (non-hydrogen) atoms. The molecule has 0 spiro atoms. The predicted molar refractivity (Wildman–Crippen MR) is 138 cm³/mol. The van der Waals surface area contributed by atoms with Crippen LogP contribution in [0.15, 0.2) is 42.5 Å². The monoisotopic (exact) mass is 509 g/mol. The number of nitrogens with one attached hydrogen (secondary N) is 1. The Bertz CT molecular complexity index is 1220. The van der Waals surface area contributed by atoms with Crippen molar-refractivity contribution >= 4 is 22.8 Å². The highest BCUT2D eigenvalue weighted by molar-refractivity contribution is 5.90. The Morgan fingerprint density at radius 1 is 1.16 bits per heavy atom. The molecule has 10 heteroatoms. The Hall–Kier alpha value is -3.66.